The molecular weight excluding hydrogens is 366 g/mol. The van der Waals surface area contributed by atoms with E-state index in [9.17, 15) is 0 Å². The second kappa shape index (κ2) is 5.49. The second-order valence-electron chi connectivity index (χ2n) is 8.64. The smallest absolute Gasteiger partial charge is 0.224 e. The topological polar surface area (TPSA) is 12.7 Å². The predicted octanol–water partition coefficient (Wildman–Crippen LogP) is 6.60. The SMILES string of the molecule is [C-]#[N+]c1cc2cc[n+](C)c3c4c(C)c(C)cc(C)c4n4c5c(C)cccc5c1c4c23. The van der Waals surface area contributed by atoms with E-state index in [-0.39, 0.29) is 0 Å². The molecule has 3 heterocycles. The third-order valence-corrected chi connectivity index (χ3v) is 6.92. The van der Waals surface area contributed by atoms with Crippen LogP contribution in [0.15, 0.2) is 42.6 Å². The summed E-state index contributed by atoms with van der Waals surface area (Å²) in [5.41, 5.74) is 10.8. The minimum atomic E-state index is 0.733. The second-order valence-corrected chi connectivity index (χ2v) is 8.64. The van der Waals surface area contributed by atoms with Crippen molar-refractivity contribution in [3.63, 3.8) is 0 Å². The quantitative estimate of drug-likeness (QED) is 0.120. The lowest BCUT2D eigenvalue weighted by molar-refractivity contribution is -0.643. The number of hydrogen-bond acceptors (Lipinski definition) is 0. The lowest BCUT2D eigenvalue weighted by Crippen LogP contribution is -2.29. The molecule has 144 valence electrons. The molecule has 0 spiro atoms. The molecule has 0 saturated carbocycles. The maximum atomic E-state index is 7.91. The summed E-state index contributed by atoms with van der Waals surface area (Å²) in [5.74, 6) is 0. The van der Waals surface area contributed by atoms with Crippen LogP contribution in [0.4, 0.5) is 5.69 Å². The first-order valence-electron chi connectivity index (χ1n) is 10.3. The van der Waals surface area contributed by atoms with Gasteiger partial charge in [-0.2, -0.15) is 0 Å². The molecule has 0 amide bonds. The number of pyridine rings is 2. The maximum Gasteiger partial charge on any atom is 0.224 e. The summed E-state index contributed by atoms with van der Waals surface area (Å²) < 4.78 is 4.69. The minimum absolute atomic E-state index is 0.733. The number of hydrogen-bond donors (Lipinski definition) is 0. The predicted molar refractivity (Wildman–Crippen MR) is 125 cm³/mol. The molecule has 0 atom stereocenters. The van der Waals surface area contributed by atoms with Crippen LogP contribution in [-0.2, 0) is 7.05 Å². The Kier molecular flexibility index (Phi) is 3.15. The van der Waals surface area contributed by atoms with Gasteiger partial charge in [0, 0.05) is 11.5 Å². The van der Waals surface area contributed by atoms with Crippen LogP contribution in [0.25, 0.3) is 53.8 Å². The van der Waals surface area contributed by atoms with Gasteiger partial charge in [0.05, 0.1) is 33.9 Å². The first-order valence-corrected chi connectivity index (χ1v) is 10.3. The molecule has 0 saturated heterocycles. The first-order chi connectivity index (χ1) is 14.4. The molecule has 0 unspecified atom stereocenters. The van der Waals surface area contributed by atoms with Crippen molar-refractivity contribution in [3.8, 4) is 0 Å². The molecular formula is C27H22N3+. The molecule has 3 aromatic heterocycles. The molecule has 0 N–H and O–H groups in total. The number of benzene rings is 3. The zero-order valence-corrected chi connectivity index (χ0v) is 17.9. The summed E-state index contributed by atoms with van der Waals surface area (Å²) in [5, 5.41) is 5.93. The van der Waals surface area contributed by atoms with Gasteiger partial charge in [-0.15, -0.1) is 0 Å². The van der Waals surface area contributed by atoms with Crippen LogP contribution in [0.5, 0.6) is 0 Å². The van der Waals surface area contributed by atoms with Crippen LogP contribution < -0.4 is 4.57 Å². The van der Waals surface area contributed by atoms with Gasteiger partial charge in [0.15, 0.2) is 11.9 Å². The van der Waals surface area contributed by atoms with E-state index in [4.69, 9.17) is 6.57 Å². The lowest BCUT2D eigenvalue weighted by Gasteiger charge is -2.16. The number of fused-ring (bicyclic) bond motifs is 6. The number of para-hydroxylation sites is 1. The Morgan fingerprint density at radius 1 is 0.833 bits per heavy atom. The fraction of sp³-hybridized carbons (Fsp3) is 0.185. The molecule has 0 fully saturated rings. The molecule has 6 aromatic rings. The van der Waals surface area contributed by atoms with Crippen molar-refractivity contribution in [1.29, 1.82) is 0 Å². The normalized spacial score (nSPS) is 12.1. The van der Waals surface area contributed by atoms with Gasteiger partial charge in [0.1, 0.15) is 7.05 Å². The molecule has 0 aliphatic heterocycles. The summed E-state index contributed by atoms with van der Waals surface area (Å²) in [4.78, 5) is 3.96. The van der Waals surface area contributed by atoms with Crippen LogP contribution >= 0.6 is 0 Å². The highest BCUT2D eigenvalue weighted by atomic mass is 15.0. The standard InChI is InChI=1S/C27H22N3/c1-14-8-7-9-19-23-20(28-5)13-18-10-11-29(6)26-21-17(4)15(2)12-16(3)25(21)30(24(14)19)27(23)22(18)26/h7-13H,1-4,6H3/q+1. The highest BCUT2D eigenvalue weighted by Gasteiger charge is 2.27. The average Bonchev–Trinajstić information content (AvgIpc) is 3.08. The van der Waals surface area contributed by atoms with E-state index < -0.39 is 0 Å². The van der Waals surface area contributed by atoms with Crippen molar-refractivity contribution in [2.75, 3.05) is 0 Å². The molecule has 0 radical (unpaired) electrons. The highest BCUT2D eigenvalue weighted by Crippen LogP contribution is 2.46. The Labute approximate surface area is 174 Å². The van der Waals surface area contributed by atoms with Crippen LogP contribution in [0, 0.1) is 34.3 Å². The monoisotopic (exact) mass is 388 g/mol. The first kappa shape index (κ1) is 17.2. The maximum absolute atomic E-state index is 7.91. The summed E-state index contributed by atoms with van der Waals surface area (Å²) >= 11 is 0. The van der Waals surface area contributed by atoms with Crippen LogP contribution in [0.2, 0.25) is 0 Å². The van der Waals surface area contributed by atoms with Gasteiger partial charge in [0.2, 0.25) is 5.52 Å². The Balaban J connectivity index is 2.21. The van der Waals surface area contributed by atoms with Crippen LogP contribution in [-0.4, -0.2) is 4.40 Å². The van der Waals surface area contributed by atoms with Crippen molar-refractivity contribution < 1.29 is 4.57 Å². The Morgan fingerprint density at radius 2 is 1.63 bits per heavy atom. The van der Waals surface area contributed by atoms with Gasteiger partial charge in [0.25, 0.3) is 0 Å². The van der Waals surface area contributed by atoms with Gasteiger partial charge in [-0.05, 0) is 66.8 Å². The third-order valence-electron chi connectivity index (χ3n) is 6.92. The number of nitrogens with zero attached hydrogens (tertiary/aromatic N) is 3. The fourth-order valence-electron chi connectivity index (χ4n) is 5.52. The molecule has 3 nitrogen and oxygen atoms in total. The van der Waals surface area contributed by atoms with Crippen LogP contribution in [0.3, 0.4) is 0 Å². The van der Waals surface area contributed by atoms with Gasteiger partial charge in [-0.1, -0.05) is 24.3 Å². The molecule has 0 aliphatic carbocycles. The summed E-state index contributed by atoms with van der Waals surface area (Å²) in [6, 6.07) is 13.0. The summed E-state index contributed by atoms with van der Waals surface area (Å²) in [6.07, 6.45) is 2.13. The van der Waals surface area contributed by atoms with Crippen molar-refractivity contribution in [1.82, 2.24) is 4.40 Å². The fourth-order valence-corrected chi connectivity index (χ4v) is 5.52. The van der Waals surface area contributed by atoms with Crippen molar-refractivity contribution in [2.45, 2.75) is 27.7 Å². The molecule has 30 heavy (non-hydrogen) atoms. The molecule has 3 heteroatoms. The summed E-state index contributed by atoms with van der Waals surface area (Å²) in [6.45, 7) is 16.7. The van der Waals surface area contributed by atoms with E-state index in [0.717, 1.165) is 16.5 Å². The molecule has 6 rings (SSSR count). The van der Waals surface area contributed by atoms with Gasteiger partial charge < -0.3 is 4.40 Å². The summed E-state index contributed by atoms with van der Waals surface area (Å²) in [7, 11) is 2.13. The van der Waals surface area contributed by atoms with Gasteiger partial charge in [-0.25, -0.2) is 9.41 Å². The molecule has 0 aliphatic rings. The van der Waals surface area contributed by atoms with Crippen molar-refractivity contribution in [3.05, 3.63) is 76.3 Å². The Morgan fingerprint density at radius 3 is 2.40 bits per heavy atom. The zero-order valence-electron chi connectivity index (χ0n) is 17.9. The largest absolute Gasteiger partial charge is 0.308 e. The van der Waals surface area contributed by atoms with E-state index in [1.54, 1.807) is 0 Å². The van der Waals surface area contributed by atoms with Gasteiger partial charge in [-0.3, -0.25) is 0 Å². The Bertz CT molecular complexity index is 1740. The van der Waals surface area contributed by atoms with E-state index >= 15 is 0 Å². The average molecular weight is 388 g/mol. The van der Waals surface area contributed by atoms with E-state index in [1.165, 1.54) is 60.5 Å². The number of rotatable bonds is 0. The Hall–Kier alpha value is -3.64. The van der Waals surface area contributed by atoms with E-state index in [0.29, 0.717) is 0 Å². The zero-order chi connectivity index (χ0) is 20.9. The number of aromatic nitrogens is 2. The van der Waals surface area contributed by atoms with Crippen LogP contribution in [0.1, 0.15) is 22.3 Å². The lowest BCUT2D eigenvalue weighted by atomic mass is 9.95. The third kappa shape index (κ3) is 1.82. The van der Waals surface area contributed by atoms with E-state index in [2.05, 4.69) is 91.2 Å². The minimum Gasteiger partial charge on any atom is -0.308 e. The van der Waals surface area contributed by atoms with Crippen molar-refractivity contribution >= 4 is 54.7 Å². The highest BCUT2D eigenvalue weighted by molar-refractivity contribution is 6.30. The molecule has 0 bridgehead atoms. The van der Waals surface area contributed by atoms with Gasteiger partial charge >= 0.3 is 0 Å². The van der Waals surface area contributed by atoms with E-state index in [1.807, 2.05) is 0 Å². The number of aryl methyl sites for hydroxylation is 5. The molecule has 3 aromatic carbocycles. The van der Waals surface area contributed by atoms with Crippen molar-refractivity contribution in [2.24, 2.45) is 7.05 Å².